The molecule has 150 valence electrons. The van der Waals surface area contributed by atoms with Crippen LogP contribution >= 0.6 is 0 Å². The van der Waals surface area contributed by atoms with Crippen LogP contribution in [0.2, 0.25) is 0 Å². The third kappa shape index (κ3) is 4.49. The third-order valence-electron chi connectivity index (χ3n) is 4.94. The molecular formula is C22H27F2N3O. The van der Waals surface area contributed by atoms with Crippen molar-refractivity contribution in [2.24, 2.45) is 11.3 Å². The molecule has 1 aromatic carbocycles. The number of benzene rings is 1. The molecule has 0 fully saturated rings. The predicted molar refractivity (Wildman–Crippen MR) is 107 cm³/mol. The summed E-state index contributed by atoms with van der Waals surface area (Å²) in [4.78, 5) is 17.0. The van der Waals surface area contributed by atoms with Crippen molar-refractivity contribution in [1.82, 2.24) is 4.98 Å². The van der Waals surface area contributed by atoms with Crippen LogP contribution in [0.5, 0.6) is 0 Å². The lowest BCUT2D eigenvalue weighted by Crippen LogP contribution is -2.20. The monoisotopic (exact) mass is 387 g/mol. The molecule has 6 heteroatoms. The summed E-state index contributed by atoms with van der Waals surface area (Å²) in [7, 11) is 0. The highest BCUT2D eigenvalue weighted by Crippen LogP contribution is 2.39. The molecular weight excluding hydrogens is 360 g/mol. The number of hydrogen-bond acceptors (Lipinski definition) is 3. The minimum atomic E-state index is -0.878. The van der Waals surface area contributed by atoms with Gasteiger partial charge in [0.05, 0.1) is 23.1 Å². The highest BCUT2D eigenvalue weighted by molar-refractivity contribution is 5.91. The molecule has 1 aliphatic rings. The average molecular weight is 387 g/mol. The predicted octanol–water partition coefficient (Wildman–Crippen LogP) is 5.39. The number of amides is 1. The number of pyridine rings is 1. The van der Waals surface area contributed by atoms with E-state index in [1.54, 1.807) is 0 Å². The van der Waals surface area contributed by atoms with Crippen molar-refractivity contribution in [3.8, 4) is 0 Å². The van der Waals surface area contributed by atoms with Gasteiger partial charge in [-0.05, 0) is 48.4 Å². The van der Waals surface area contributed by atoms with E-state index < -0.39 is 11.6 Å². The number of anilines is 2. The van der Waals surface area contributed by atoms with Crippen molar-refractivity contribution < 1.29 is 13.6 Å². The van der Waals surface area contributed by atoms with Crippen molar-refractivity contribution in [2.75, 3.05) is 10.6 Å². The van der Waals surface area contributed by atoms with E-state index >= 15 is 0 Å². The van der Waals surface area contributed by atoms with Crippen LogP contribution in [-0.2, 0) is 11.2 Å². The topological polar surface area (TPSA) is 54.0 Å². The van der Waals surface area contributed by atoms with Gasteiger partial charge in [-0.1, -0.05) is 27.7 Å². The molecule has 0 radical (unpaired) electrons. The number of halogens is 2. The second kappa shape index (κ2) is 7.49. The summed E-state index contributed by atoms with van der Waals surface area (Å²) in [5.74, 6) is -1.54. The zero-order valence-electron chi connectivity index (χ0n) is 17.0. The average Bonchev–Trinajstić information content (AvgIpc) is 2.85. The van der Waals surface area contributed by atoms with E-state index in [2.05, 4.69) is 17.6 Å². The molecule has 28 heavy (non-hydrogen) atoms. The van der Waals surface area contributed by atoms with Gasteiger partial charge >= 0.3 is 0 Å². The summed E-state index contributed by atoms with van der Waals surface area (Å²) < 4.78 is 26.7. The van der Waals surface area contributed by atoms with Gasteiger partial charge in [-0.25, -0.2) is 8.78 Å². The van der Waals surface area contributed by atoms with Gasteiger partial charge in [0.15, 0.2) is 11.6 Å². The Balaban J connectivity index is 1.82. The number of rotatable bonds is 4. The first-order valence-corrected chi connectivity index (χ1v) is 9.55. The highest BCUT2D eigenvalue weighted by atomic mass is 19.2. The van der Waals surface area contributed by atoms with Gasteiger partial charge in [0.25, 0.3) is 0 Å². The van der Waals surface area contributed by atoms with Gasteiger partial charge in [-0.2, -0.15) is 0 Å². The number of aryl methyl sites for hydroxylation is 1. The molecule has 2 aromatic rings. The number of fused-ring (bicyclic) bond motifs is 1. The molecule has 2 N–H and O–H groups in total. The summed E-state index contributed by atoms with van der Waals surface area (Å²) in [6, 6.07) is 5.69. The van der Waals surface area contributed by atoms with Gasteiger partial charge in [-0.15, -0.1) is 0 Å². The molecule has 2 unspecified atom stereocenters. The second-order valence-corrected chi connectivity index (χ2v) is 8.88. The Morgan fingerprint density at radius 2 is 1.93 bits per heavy atom. The number of carbonyl (C=O) groups excluding carboxylic acids is 1. The van der Waals surface area contributed by atoms with Crippen molar-refractivity contribution in [3.05, 3.63) is 52.9 Å². The lowest BCUT2D eigenvalue weighted by atomic mass is 9.92. The Bertz CT molecular complexity index is 905. The van der Waals surface area contributed by atoms with Crippen molar-refractivity contribution >= 4 is 17.3 Å². The molecule has 1 amide bonds. The molecule has 4 nitrogen and oxygen atoms in total. The molecule has 1 heterocycles. The highest BCUT2D eigenvalue weighted by Gasteiger charge is 2.32. The number of aromatic nitrogens is 1. The van der Waals surface area contributed by atoms with Crippen LogP contribution in [0.25, 0.3) is 0 Å². The van der Waals surface area contributed by atoms with E-state index in [0.717, 1.165) is 41.2 Å². The maximum absolute atomic E-state index is 13.5. The zero-order valence-corrected chi connectivity index (χ0v) is 17.0. The van der Waals surface area contributed by atoms with Crippen molar-refractivity contribution in [1.29, 1.82) is 0 Å². The van der Waals surface area contributed by atoms with Crippen LogP contribution in [0.3, 0.4) is 0 Å². The lowest BCUT2D eigenvalue weighted by molar-refractivity contribution is -0.117. The Morgan fingerprint density at radius 1 is 1.21 bits per heavy atom. The number of hydrogen-bond donors (Lipinski definition) is 2. The van der Waals surface area contributed by atoms with E-state index in [-0.39, 0.29) is 23.3 Å². The van der Waals surface area contributed by atoms with Crippen LogP contribution in [0.15, 0.2) is 24.3 Å². The summed E-state index contributed by atoms with van der Waals surface area (Å²) >= 11 is 0. The third-order valence-corrected chi connectivity index (χ3v) is 4.94. The molecule has 0 saturated carbocycles. The fraction of sp³-hybridized carbons (Fsp3) is 0.455. The van der Waals surface area contributed by atoms with Gasteiger partial charge in [0.2, 0.25) is 5.91 Å². The molecule has 0 spiro atoms. The number of nitrogens with zero attached hydrogens (tertiary/aromatic N) is 1. The van der Waals surface area contributed by atoms with Crippen LogP contribution in [0, 0.1) is 29.9 Å². The molecule has 0 saturated heterocycles. The molecule has 1 aliphatic carbocycles. The first-order valence-electron chi connectivity index (χ1n) is 9.55. The molecule has 0 aliphatic heterocycles. The first-order chi connectivity index (χ1) is 13.0. The van der Waals surface area contributed by atoms with Gasteiger partial charge < -0.3 is 10.6 Å². The smallest absolute Gasteiger partial charge is 0.224 e. The van der Waals surface area contributed by atoms with Crippen LogP contribution in [0.1, 0.15) is 57.1 Å². The van der Waals surface area contributed by atoms with Crippen molar-refractivity contribution in [2.45, 2.75) is 53.5 Å². The van der Waals surface area contributed by atoms with E-state index in [1.807, 2.05) is 33.8 Å². The Kier molecular flexibility index (Phi) is 5.41. The van der Waals surface area contributed by atoms with E-state index in [1.165, 1.54) is 6.07 Å². The van der Waals surface area contributed by atoms with E-state index in [9.17, 15) is 13.6 Å². The maximum Gasteiger partial charge on any atom is 0.224 e. The Labute approximate surface area is 164 Å². The van der Waals surface area contributed by atoms with E-state index in [4.69, 9.17) is 4.98 Å². The molecule has 2 atom stereocenters. The van der Waals surface area contributed by atoms with Crippen LogP contribution in [0.4, 0.5) is 20.2 Å². The maximum atomic E-state index is 13.5. The Morgan fingerprint density at radius 3 is 2.57 bits per heavy atom. The molecule has 3 rings (SSSR count). The SMILES string of the molecule is Cc1nc2c(cc1NC(=O)CC(C)(C)C)CC(C)C2Nc1ccc(F)c(F)c1. The number of carbonyl (C=O) groups is 1. The summed E-state index contributed by atoms with van der Waals surface area (Å²) in [6.45, 7) is 10.0. The lowest BCUT2D eigenvalue weighted by Gasteiger charge is -2.20. The minimum absolute atomic E-state index is 0.0279. The van der Waals surface area contributed by atoms with Gasteiger partial charge in [0.1, 0.15) is 0 Å². The Hall–Kier alpha value is -2.50. The van der Waals surface area contributed by atoms with Crippen LogP contribution < -0.4 is 10.6 Å². The zero-order chi connectivity index (χ0) is 20.6. The standard InChI is InChI=1S/C22H27F2N3O/c1-12-8-14-9-18(27-19(28)11-22(3,4)5)13(2)25-21(14)20(12)26-15-6-7-16(23)17(24)10-15/h6-7,9-10,12,20,26H,8,11H2,1-5H3,(H,27,28). The van der Waals surface area contributed by atoms with Gasteiger partial charge in [-0.3, -0.25) is 9.78 Å². The molecule has 0 bridgehead atoms. The van der Waals surface area contributed by atoms with Gasteiger partial charge in [0, 0.05) is 18.2 Å². The largest absolute Gasteiger partial charge is 0.376 e. The normalized spacial score (nSPS) is 18.7. The van der Waals surface area contributed by atoms with Crippen LogP contribution in [-0.4, -0.2) is 10.9 Å². The fourth-order valence-electron chi connectivity index (χ4n) is 3.61. The fourth-order valence-corrected chi connectivity index (χ4v) is 3.61. The first kappa shape index (κ1) is 20.2. The van der Waals surface area contributed by atoms with Crippen molar-refractivity contribution in [3.63, 3.8) is 0 Å². The van der Waals surface area contributed by atoms with E-state index in [0.29, 0.717) is 12.1 Å². The second-order valence-electron chi connectivity index (χ2n) is 8.88. The quantitative estimate of drug-likeness (QED) is 0.740. The number of nitrogens with one attached hydrogen (secondary N) is 2. The minimum Gasteiger partial charge on any atom is -0.376 e. The summed E-state index contributed by atoms with van der Waals surface area (Å²) in [5, 5.41) is 6.25. The summed E-state index contributed by atoms with van der Waals surface area (Å²) in [6.07, 6.45) is 1.23. The molecule has 1 aromatic heterocycles. The summed E-state index contributed by atoms with van der Waals surface area (Å²) in [5.41, 5.74) is 3.86.